The third-order valence-corrected chi connectivity index (χ3v) is 2.07. The largest absolute Gasteiger partial charge is 0.469 e. The molecule has 0 saturated carbocycles. The van der Waals surface area contributed by atoms with Gasteiger partial charge in [0.05, 0.1) is 0 Å². The molecule has 2 aromatic heterocycles. The highest BCUT2D eigenvalue weighted by molar-refractivity contribution is 5.89. The number of aromatic nitrogens is 4. The summed E-state index contributed by atoms with van der Waals surface area (Å²) in [6, 6.07) is 0. The number of hydrogen-bond acceptors (Lipinski definition) is 10. The van der Waals surface area contributed by atoms with Gasteiger partial charge < -0.3 is 20.1 Å². The maximum absolute atomic E-state index is 10.9. The predicted molar refractivity (Wildman–Crippen MR) is 68.2 cm³/mol. The van der Waals surface area contributed by atoms with Gasteiger partial charge in [0, 0.05) is 13.8 Å². The Labute approximate surface area is 123 Å². The molecule has 0 aliphatic carbocycles. The highest BCUT2D eigenvalue weighted by Crippen LogP contribution is 2.20. The van der Waals surface area contributed by atoms with Gasteiger partial charge in [0.1, 0.15) is 13.2 Å². The Morgan fingerprint density at radius 2 is 1.27 bits per heavy atom. The van der Waals surface area contributed by atoms with E-state index in [-0.39, 0.29) is 48.4 Å². The number of nitrogens with zero attached hydrogens (tertiary/aromatic N) is 4. The van der Waals surface area contributed by atoms with Crippen molar-refractivity contribution in [1.82, 2.24) is 20.6 Å². The number of carbonyl (C=O) groups is 2. The van der Waals surface area contributed by atoms with Crippen molar-refractivity contribution in [1.29, 1.82) is 0 Å². The molecule has 0 aliphatic rings. The molecule has 2 heterocycles. The summed E-state index contributed by atoms with van der Waals surface area (Å²) < 4.78 is 19.3. The van der Waals surface area contributed by atoms with Crippen molar-refractivity contribution in [2.75, 3.05) is 23.8 Å². The average Bonchev–Trinajstić information content (AvgIpc) is 3.04. The zero-order valence-electron chi connectivity index (χ0n) is 11.7. The number of ether oxygens (including phenoxy) is 2. The van der Waals surface area contributed by atoms with E-state index < -0.39 is 0 Å². The zero-order chi connectivity index (χ0) is 15.9. The van der Waals surface area contributed by atoms with Crippen LogP contribution in [0.5, 0.6) is 11.8 Å². The lowest BCUT2D eigenvalue weighted by atomic mass is 10.6. The minimum atomic E-state index is -0.342. The molecule has 2 rings (SSSR count). The van der Waals surface area contributed by atoms with Crippen LogP contribution in [0.25, 0.3) is 0 Å². The minimum absolute atomic E-state index is 0.0131. The average molecular weight is 312 g/mol. The van der Waals surface area contributed by atoms with Gasteiger partial charge in [-0.15, -0.1) is 0 Å². The van der Waals surface area contributed by atoms with Crippen LogP contribution >= 0.6 is 0 Å². The third kappa shape index (κ3) is 4.16. The van der Waals surface area contributed by atoms with Crippen LogP contribution in [0.4, 0.5) is 11.6 Å². The first-order chi connectivity index (χ1) is 10.6. The number of anilines is 2. The molecule has 0 atom stereocenters. The summed E-state index contributed by atoms with van der Waals surface area (Å²) >= 11 is 0. The first-order valence-electron chi connectivity index (χ1n) is 6.02. The lowest BCUT2D eigenvalue weighted by molar-refractivity contribution is -0.115. The molecular formula is C10H12N6O6. The summed E-state index contributed by atoms with van der Waals surface area (Å²) in [6.45, 7) is 2.71. The van der Waals surface area contributed by atoms with Gasteiger partial charge in [-0.05, 0) is 20.6 Å². The normalized spacial score (nSPS) is 10.1. The van der Waals surface area contributed by atoms with Gasteiger partial charge in [-0.1, -0.05) is 0 Å². The summed E-state index contributed by atoms with van der Waals surface area (Å²) in [5, 5.41) is 18.6. The maximum atomic E-state index is 10.9. The SMILES string of the molecule is CC(=O)Nc1nonc1OCCOc1nonc1NC(C)=O. The molecule has 0 unspecified atom stereocenters. The summed E-state index contributed by atoms with van der Waals surface area (Å²) in [4.78, 5) is 21.8. The van der Waals surface area contributed by atoms with Gasteiger partial charge >= 0.3 is 11.8 Å². The van der Waals surface area contributed by atoms with Gasteiger partial charge in [0.2, 0.25) is 23.5 Å². The van der Waals surface area contributed by atoms with E-state index in [1.165, 1.54) is 13.8 Å². The molecule has 0 saturated heterocycles. The quantitative estimate of drug-likeness (QED) is 0.658. The van der Waals surface area contributed by atoms with Crippen molar-refractivity contribution in [2.45, 2.75) is 13.8 Å². The van der Waals surface area contributed by atoms with Crippen molar-refractivity contribution >= 4 is 23.5 Å². The molecule has 0 fully saturated rings. The molecule has 2 amide bonds. The second-order valence-corrected chi connectivity index (χ2v) is 3.90. The van der Waals surface area contributed by atoms with Crippen molar-refractivity contribution in [3.8, 4) is 11.8 Å². The predicted octanol–water partition coefficient (Wildman–Crippen LogP) is -0.173. The number of carbonyl (C=O) groups excluding carboxylic acids is 2. The molecule has 2 aromatic rings. The minimum Gasteiger partial charge on any atom is -0.469 e. The number of nitrogens with one attached hydrogen (secondary N) is 2. The summed E-state index contributed by atoms with van der Waals surface area (Å²) in [7, 11) is 0. The number of amides is 2. The van der Waals surface area contributed by atoms with E-state index in [4.69, 9.17) is 9.47 Å². The van der Waals surface area contributed by atoms with Crippen LogP contribution in [-0.2, 0) is 9.59 Å². The monoisotopic (exact) mass is 312 g/mol. The van der Waals surface area contributed by atoms with Crippen LogP contribution in [0, 0.1) is 0 Å². The Balaban J connectivity index is 1.80. The fourth-order valence-electron chi connectivity index (χ4n) is 1.31. The third-order valence-electron chi connectivity index (χ3n) is 2.07. The maximum Gasteiger partial charge on any atom is 0.300 e. The molecule has 118 valence electrons. The van der Waals surface area contributed by atoms with Crippen molar-refractivity contribution in [3.63, 3.8) is 0 Å². The van der Waals surface area contributed by atoms with Crippen molar-refractivity contribution < 1.29 is 28.3 Å². The van der Waals surface area contributed by atoms with E-state index in [1.54, 1.807) is 0 Å². The molecule has 2 N–H and O–H groups in total. The fourth-order valence-corrected chi connectivity index (χ4v) is 1.31. The Kier molecular flexibility index (Phi) is 4.85. The molecule has 12 heteroatoms. The Morgan fingerprint density at radius 1 is 0.864 bits per heavy atom. The first kappa shape index (κ1) is 15.2. The Hall–Kier alpha value is -3.18. The highest BCUT2D eigenvalue weighted by Gasteiger charge is 2.14. The molecule has 0 spiro atoms. The van der Waals surface area contributed by atoms with E-state index >= 15 is 0 Å². The van der Waals surface area contributed by atoms with Crippen LogP contribution < -0.4 is 20.1 Å². The van der Waals surface area contributed by atoms with Crippen LogP contribution in [0.1, 0.15) is 13.8 Å². The van der Waals surface area contributed by atoms with Gasteiger partial charge in [0.15, 0.2) is 0 Å². The molecule has 0 aliphatic heterocycles. The zero-order valence-corrected chi connectivity index (χ0v) is 11.7. The highest BCUT2D eigenvalue weighted by atomic mass is 16.6. The summed E-state index contributed by atoms with van der Waals surface area (Å²) in [5.74, 6) is -0.529. The lowest BCUT2D eigenvalue weighted by Crippen LogP contribution is -2.13. The Morgan fingerprint density at radius 3 is 1.64 bits per heavy atom. The van der Waals surface area contributed by atoms with E-state index in [0.29, 0.717) is 0 Å². The first-order valence-corrected chi connectivity index (χ1v) is 6.02. The molecule has 22 heavy (non-hydrogen) atoms. The second kappa shape index (κ2) is 7.01. The van der Waals surface area contributed by atoms with E-state index in [0.717, 1.165) is 0 Å². The van der Waals surface area contributed by atoms with E-state index in [9.17, 15) is 9.59 Å². The number of hydrogen-bond donors (Lipinski definition) is 2. The smallest absolute Gasteiger partial charge is 0.300 e. The second-order valence-electron chi connectivity index (χ2n) is 3.90. The van der Waals surface area contributed by atoms with Crippen molar-refractivity contribution in [3.05, 3.63) is 0 Å². The molecule has 0 aromatic carbocycles. The molecule has 0 radical (unpaired) electrons. The van der Waals surface area contributed by atoms with Crippen LogP contribution in [0.2, 0.25) is 0 Å². The molecule has 0 bridgehead atoms. The van der Waals surface area contributed by atoms with Crippen LogP contribution in [0.3, 0.4) is 0 Å². The van der Waals surface area contributed by atoms with Gasteiger partial charge in [-0.3, -0.25) is 9.59 Å². The summed E-state index contributed by atoms with van der Waals surface area (Å²) in [6.07, 6.45) is 0. The lowest BCUT2D eigenvalue weighted by Gasteiger charge is -2.05. The van der Waals surface area contributed by atoms with Gasteiger partial charge in [-0.2, -0.15) is 0 Å². The summed E-state index contributed by atoms with van der Waals surface area (Å²) in [5.41, 5.74) is 0. The molecule has 12 nitrogen and oxygen atoms in total. The van der Waals surface area contributed by atoms with E-state index in [1.807, 2.05) is 0 Å². The van der Waals surface area contributed by atoms with Crippen molar-refractivity contribution in [2.24, 2.45) is 0 Å². The van der Waals surface area contributed by atoms with Gasteiger partial charge in [-0.25, -0.2) is 9.26 Å². The fraction of sp³-hybridized carbons (Fsp3) is 0.400. The van der Waals surface area contributed by atoms with Crippen LogP contribution in [-0.4, -0.2) is 45.7 Å². The van der Waals surface area contributed by atoms with Gasteiger partial charge in [0.25, 0.3) is 0 Å². The standard InChI is InChI=1S/C10H12N6O6/c1-5(17)11-7-9(15-21-13-7)19-3-4-20-10-8(12-6(2)18)14-22-16-10/h3-4H2,1-2H3,(H,11,13,17)(H,12,14,18). The van der Waals surface area contributed by atoms with Crippen LogP contribution in [0.15, 0.2) is 9.26 Å². The van der Waals surface area contributed by atoms with E-state index in [2.05, 4.69) is 40.5 Å². The number of rotatable bonds is 7. The molecular weight excluding hydrogens is 300 g/mol. The topological polar surface area (TPSA) is 154 Å². The Bertz CT molecular complexity index is 596.